The highest BCUT2D eigenvalue weighted by Crippen LogP contribution is 2.42. The molecular formula is C44H63NO10. The lowest BCUT2D eigenvalue weighted by Crippen LogP contribution is -2.61. The lowest BCUT2D eigenvalue weighted by Gasteiger charge is -2.50. The van der Waals surface area contributed by atoms with E-state index in [0.29, 0.717) is 32.5 Å². The lowest BCUT2D eigenvalue weighted by atomic mass is 9.76. The maximum atomic E-state index is 13.2. The summed E-state index contributed by atoms with van der Waals surface area (Å²) >= 11 is 0. The first kappa shape index (κ1) is 42.8. The molecule has 304 valence electrons. The molecule has 1 aliphatic carbocycles. The predicted molar refractivity (Wildman–Crippen MR) is 208 cm³/mol. The molecule has 0 bridgehead atoms. The molecule has 3 aliphatic rings. The normalized spacial score (nSPS) is 35.0. The highest BCUT2D eigenvalue weighted by molar-refractivity contribution is 5.72. The van der Waals surface area contributed by atoms with Crippen molar-refractivity contribution >= 4 is 12.1 Å². The van der Waals surface area contributed by atoms with Crippen LogP contribution in [0, 0.1) is 29.6 Å². The van der Waals surface area contributed by atoms with E-state index in [-0.39, 0.29) is 54.6 Å². The number of rotatable bonds is 16. The van der Waals surface area contributed by atoms with Crippen LogP contribution in [0.3, 0.4) is 0 Å². The number of alkyl carbamates (subject to hydrolysis) is 1. The Balaban J connectivity index is 1.47. The third-order valence-electron chi connectivity index (χ3n) is 12.0. The van der Waals surface area contributed by atoms with Crippen LogP contribution < -0.4 is 5.32 Å². The maximum Gasteiger partial charge on any atom is 0.407 e. The van der Waals surface area contributed by atoms with Crippen molar-refractivity contribution in [3.63, 3.8) is 0 Å². The van der Waals surface area contributed by atoms with Gasteiger partial charge in [0.2, 0.25) is 0 Å². The van der Waals surface area contributed by atoms with Crippen LogP contribution in [-0.2, 0) is 55.9 Å². The van der Waals surface area contributed by atoms with E-state index in [4.69, 9.17) is 37.9 Å². The van der Waals surface area contributed by atoms with Gasteiger partial charge in [-0.15, -0.1) is 0 Å². The zero-order chi connectivity index (χ0) is 39.5. The number of carbonyl (C=O) groups is 2. The van der Waals surface area contributed by atoms with Crippen molar-refractivity contribution in [3.05, 3.63) is 84.4 Å². The third-order valence-corrected chi connectivity index (χ3v) is 12.0. The number of hydrogen-bond donors (Lipinski definition) is 1. The standard InChI is InChI=1S/C44H63NO10/c1-9-22-49-44(47)45-37-28(5)27(4)35(11-3)53-42(37)54-36-24-34(41(46)48-8)23-33(10-2)39(36)55-43-40(51-26-32-20-16-13-17-21-32)38(29(6)30(7)52-43)50-25-31-18-14-12-15-19-31/h9,12-21,27-30,33-40,42-43H,1,10-11,22-26H2,2-8H3,(H,45,47)/t27-,28?,29-,30?,33-,34?,35+,36-,37?,38+,39?,40?,42+,43+/m1/s1. The number of amides is 1. The zero-order valence-corrected chi connectivity index (χ0v) is 33.7. The summed E-state index contributed by atoms with van der Waals surface area (Å²) < 4.78 is 51.5. The van der Waals surface area contributed by atoms with Crippen molar-refractivity contribution in [1.29, 1.82) is 0 Å². The van der Waals surface area contributed by atoms with E-state index in [9.17, 15) is 9.59 Å². The average Bonchev–Trinajstić information content (AvgIpc) is 3.20. The number of esters is 1. The molecule has 0 spiro atoms. The van der Waals surface area contributed by atoms with Crippen LogP contribution in [0.25, 0.3) is 0 Å². The van der Waals surface area contributed by atoms with Gasteiger partial charge >= 0.3 is 12.1 Å². The fourth-order valence-electron chi connectivity index (χ4n) is 8.32. The van der Waals surface area contributed by atoms with E-state index in [2.05, 4.69) is 46.5 Å². The summed E-state index contributed by atoms with van der Waals surface area (Å²) in [6.07, 6.45) is -0.713. The molecule has 55 heavy (non-hydrogen) atoms. The number of benzene rings is 2. The smallest absolute Gasteiger partial charge is 0.407 e. The number of hydrogen-bond acceptors (Lipinski definition) is 10. The van der Waals surface area contributed by atoms with Crippen molar-refractivity contribution in [3.8, 4) is 0 Å². The highest BCUT2D eigenvalue weighted by atomic mass is 16.7. The molecule has 0 aromatic heterocycles. The molecule has 0 radical (unpaired) electrons. The molecule has 2 saturated heterocycles. The minimum Gasteiger partial charge on any atom is -0.469 e. The van der Waals surface area contributed by atoms with Gasteiger partial charge < -0.3 is 43.2 Å². The summed E-state index contributed by atoms with van der Waals surface area (Å²) in [4.78, 5) is 26.1. The molecule has 14 atom stereocenters. The van der Waals surface area contributed by atoms with E-state index in [1.807, 2.05) is 67.6 Å². The number of ether oxygens (including phenoxy) is 8. The fraction of sp³-hybridized carbons (Fsp3) is 0.636. The Labute approximate surface area is 327 Å². The van der Waals surface area contributed by atoms with Gasteiger partial charge in [-0.2, -0.15) is 0 Å². The molecule has 2 aliphatic heterocycles. The van der Waals surface area contributed by atoms with Crippen molar-refractivity contribution in [2.45, 2.75) is 136 Å². The first-order valence-corrected chi connectivity index (χ1v) is 20.1. The van der Waals surface area contributed by atoms with Gasteiger partial charge in [0.1, 0.15) is 12.7 Å². The SMILES string of the molecule is C=CCOC(=O)NC1C(C)[C@@H](C)[C@H](CC)O[C@H]1O[C@@H]1CC(C(=O)OC)C[C@@H](CC)C1O[C@@H]1OC(C)[C@@H](C)[C@H](OCc2ccccc2)C1OCc1ccccc1. The van der Waals surface area contributed by atoms with Gasteiger partial charge in [-0.3, -0.25) is 4.79 Å². The van der Waals surface area contributed by atoms with Gasteiger partial charge in [0.05, 0.1) is 62.8 Å². The molecular weight excluding hydrogens is 702 g/mol. The first-order valence-electron chi connectivity index (χ1n) is 20.1. The predicted octanol–water partition coefficient (Wildman–Crippen LogP) is 7.61. The minimum atomic E-state index is -0.837. The third kappa shape index (κ3) is 11.0. The molecule has 5 rings (SSSR count). The van der Waals surface area contributed by atoms with Gasteiger partial charge in [-0.05, 0) is 55.1 Å². The van der Waals surface area contributed by atoms with Crippen molar-refractivity contribution in [2.75, 3.05) is 13.7 Å². The summed E-state index contributed by atoms with van der Waals surface area (Å²) in [5, 5.41) is 3.02. The second-order valence-corrected chi connectivity index (χ2v) is 15.5. The quantitative estimate of drug-likeness (QED) is 0.135. The Bertz CT molecular complexity index is 1480. The van der Waals surface area contributed by atoms with Crippen LogP contribution in [0.2, 0.25) is 0 Å². The molecule has 11 heteroatoms. The van der Waals surface area contributed by atoms with Gasteiger partial charge in [-0.1, -0.05) is 114 Å². The molecule has 11 nitrogen and oxygen atoms in total. The second kappa shape index (κ2) is 20.7. The highest BCUT2D eigenvalue weighted by Gasteiger charge is 2.51. The van der Waals surface area contributed by atoms with Crippen LogP contribution >= 0.6 is 0 Å². The number of carbonyl (C=O) groups excluding carboxylic acids is 2. The molecule has 1 amide bonds. The van der Waals surface area contributed by atoms with E-state index < -0.39 is 48.9 Å². The Kier molecular flexibility index (Phi) is 16.1. The lowest BCUT2D eigenvalue weighted by molar-refractivity contribution is -0.337. The topological polar surface area (TPSA) is 120 Å². The summed E-state index contributed by atoms with van der Waals surface area (Å²) in [6.45, 7) is 17.0. The van der Waals surface area contributed by atoms with Crippen molar-refractivity contribution in [2.24, 2.45) is 29.6 Å². The van der Waals surface area contributed by atoms with Gasteiger partial charge in [0, 0.05) is 5.92 Å². The van der Waals surface area contributed by atoms with E-state index >= 15 is 0 Å². The molecule has 6 unspecified atom stereocenters. The largest absolute Gasteiger partial charge is 0.469 e. The Hall–Kier alpha value is -3.32. The maximum absolute atomic E-state index is 13.2. The van der Waals surface area contributed by atoms with Gasteiger partial charge in [0.15, 0.2) is 12.6 Å². The Morgan fingerprint density at radius 1 is 0.782 bits per heavy atom. The van der Waals surface area contributed by atoms with Gasteiger partial charge in [-0.25, -0.2) is 4.79 Å². The first-order chi connectivity index (χ1) is 26.6. The van der Waals surface area contributed by atoms with E-state index in [1.165, 1.54) is 13.2 Å². The van der Waals surface area contributed by atoms with Crippen LogP contribution in [-0.4, -0.2) is 81.0 Å². The average molecular weight is 766 g/mol. The molecule has 1 saturated carbocycles. The molecule has 2 aromatic carbocycles. The van der Waals surface area contributed by atoms with Crippen LogP contribution in [0.15, 0.2) is 73.3 Å². The molecule has 2 heterocycles. The minimum absolute atomic E-state index is 0.00816. The fourth-order valence-corrected chi connectivity index (χ4v) is 8.32. The summed E-state index contributed by atoms with van der Waals surface area (Å²) in [6, 6.07) is 19.6. The number of nitrogens with one attached hydrogen (secondary N) is 1. The van der Waals surface area contributed by atoms with E-state index in [1.54, 1.807) is 0 Å². The Morgan fingerprint density at radius 2 is 1.42 bits per heavy atom. The van der Waals surface area contributed by atoms with Crippen LogP contribution in [0.5, 0.6) is 0 Å². The van der Waals surface area contributed by atoms with Crippen molar-refractivity contribution < 1.29 is 47.5 Å². The van der Waals surface area contributed by atoms with Crippen molar-refractivity contribution in [1.82, 2.24) is 5.32 Å². The number of methoxy groups -OCH3 is 1. The molecule has 3 fully saturated rings. The Morgan fingerprint density at radius 3 is 2.00 bits per heavy atom. The zero-order valence-electron chi connectivity index (χ0n) is 33.7. The molecule has 1 N–H and O–H groups in total. The van der Waals surface area contributed by atoms with Gasteiger partial charge in [0.25, 0.3) is 0 Å². The van der Waals surface area contributed by atoms with E-state index in [0.717, 1.165) is 17.5 Å². The van der Waals surface area contributed by atoms with Crippen LogP contribution in [0.4, 0.5) is 4.79 Å². The van der Waals surface area contributed by atoms with Crippen LogP contribution in [0.1, 0.15) is 78.4 Å². The summed E-state index contributed by atoms with van der Waals surface area (Å²) in [5.74, 6) is -0.682. The summed E-state index contributed by atoms with van der Waals surface area (Å²) in [5.41, 5.74) is 2.08. The summed E-state index contributed by atoms with van der Waals surface area (Å²) in [7, 11) is 1.42. The monoisotopic (exact) mass is 765 g/mol. The second-order valence-electron chi connectivity index (χ2n) is 15.5. The molecule has 2 aromatic rings.